The number of carbonyl (C=O) groups excluding carboxylic acids is 1. The molecule has 4 saturated carbocycles. The number of nitrogens with one attached hydrogen (secondary N) is 1. The topological polar surface area (TPSA) is 58.6 Å². The minimum Gasteiger partial charge on any atom is -0.461 e. The van der Waals surface area contributed by atoms with E-state index >= 15 is 0 Å². The highest BCUT2D eigenvalue weighted by molar-refractivity contribution is 5.76. The van der Waals surface area contributed by atoms with Crippen molar-refractivity contribution in [3.63, 3.8) is 0 Å². The largest absolute Gasteiger partial charge is 0.461 e. The molecule has 5 atom stereocenters. The van der Waals surface area contributed by atoms with Crippen LogP contribution in [0.3, 0.4) is 0 Å². The third kappa shape index (κ3) is 2.04. The predicted molar refractivity (Wildman–Crippen MR) is 94.8 cm³/mol. The van der Waals surface area contributed by atoms with Crippen molar-refractivity contribution in [1.29, 1.82) is 0 Å². The Bertz CT molecular complexity index is 567. The van der Waals surface area contributed by atoms with Gasteiger partial charge in [0.15, 0.2) is 0 Å². The van der Waals surface area contributed by atoms with Crippen LogP contribution < -0.4 is 5.32 Å². The van der Waals surface area contributed by atoms with Crippen LogP contribution in [0.25, 0.3) is 0 Å². The zero-order valence-electron chi connectivity index (χ0n) is 15.6. The van der Waals surface area contributed by atoms with Gasteiger partial charge >= 0.3 is 5.97 Å². The molecule has 5 fully saturated rings. The number of ether oxygens (including phenoxy) is 1. The number of rotatable bonds is 5. The minimum absolute atomic E-state index is 0.00840. The van der Waals surface area contributed by atoms with Crippen molar-refractivity contribution in [2.75, 3.05) is 19.7 Å². The molecule has 0 aromatic heterocycles. The lowest BCUT2D eigenvalue weighted by Gasteiger charge is -2.47. The van der Waals surface area contributed by atoms with Gasteiger partial charge in [-0.15, -0.1) is 0 Å². The van der Waals surface area contributed by atoms with Crippen LogP contribution in [0.5, 0.6) is 0 Å². The summed E-state index contributed by atoms with van der Waals surface area (Å²) in [6.45, 7) is 3.74. The number of fused-ring (bicyclic) bond motifs is 5. The summed E-state index contributed by atoms with van der Waals surface area (Å²) < 4.78 is 6.25. The van der Waals surface area contributed by atoms with E-state index in [-0.39, 0.29) is 30.0 Å². The zero-order valence-corrected chi connectivity index (χ0v) is 15.6. The zero-order chi connectivity index (χ0) is 17.3. The van der Waals surface area contributed by atoms with Gasteiger partial charge in [0.25, 0.3) is 0 Å². The molecule has 140 valence electrons. The fourth-order valence-electron chi connectivity index (χ4n) is 7.81. The van der Waals surface area contributed by atoms with Crippen molar-refractivity contribution in [3.8, 4) is 0 Å². The summed E-state index contributed by atoms with van der Waals surface area (Å²) in [6, 6.07) is 0. The molecule has 2 N–H and O–H groups in total. The smallest absolute Gasteiger partial charge is 0.310 e. The fourth-order valence-corrected chi connectivity index (χ4v) is 7.81. The van der Waals surface area contributed by atoms with Crippen LogP contribution >= 0.6 is 0 Å². The molecule has 2 spiro atoms. The highest BCUT2D eigenvalue weighted by Crippen LogP contribution is 2.81. The average molecular weight is 347 g/mol. The van der Waals surface area contributed by atoms with Gasteiger partial charge in [-0.25, -0.2) is 0 Å². The van der Waals surface area contributed by atoms with Crippen LogP contribution in [0.15, 0.2) is 0 Å². The Morgan fingerprint density at radius 2 is 1.96 bits per heavy atom. The summed E-state index contributed by atoms with van der Waals surface area (Å²) >= 11 is 0. The summed E-state index contributed by atoms with van der Waals surface area (Å²) in [5, 5.41) is 12.3. The quantitative estimate of drug-likeness (QED) is 0.593. The Balaban J connectivity index is 1.51. The molecule has 1 aliphatic heterocycles. The molecule has 25 heavy (non-hydrogen) atoms. The van der Waals surface area contributed by atoms with E-state index in [1.165, 1.54) is 51.4 Å². The lowest BCUT2D eigenvalue weighted by atomic mass is 9.59. The van der Waals surface area contributed by atoms with E-state index in [1.807, 2.05) is 0 Å². The van der Waals surface area contributed by atoms with Crippen LogP contribution in [0.1, 0.15) is 64.7 Å². The standard InChI is InChI=1S/C21H33NO3/c1-2-21-16(4-6-20(21)9-10-20)19(7-8-19)5-3-14-15(13-22-11-12-23)18(24)25-17(14)21/h14-17,22-23H,2-13H2,1H3. The number of aliphatic hydroxyl groups excluding tert-OH is 1. The fraction of sp³-hybridized carbons (Fsp3) is 0.952. The van der Waals surface area contributed by atoms with Gasteiger partial charge in [0, 0.05) is 24.4 Å². The Hall–Kier alpha value is -0.610. The second kappa shape index (κ2) is 5.45. The Labute approximate surface area is 151 Å². The first-order valence-corrected chi connectivity index (χ1v) is 10.6. The summed E-state index contributed by atoms with van der Waals surface area (Å²) in [4.78, 5) is 12.8. The summed E-state index contributed by atoms with van der Waals surface area (Å²) in [6.07, 6.45) is 12.1. The number of esters is 1. The van der Waals surface area contributed by atoms with E-state index in [0.29, 0.717) is 29.8 Å². The van der Waals surface area contributed by atoms with Crippen LogP contribution in [0.2, 0.25) is 0 Å². The first-order valence-electron chi connectivity index (χ1n) is 10.6. The van der Waals surface area contributed by atoms with Gasteiger partial charge in [0.2, 0.25) is 0 Å². The normalized spacial score (nSPS) is 45.1. The number of carbonyl (C=O) groups is 1. The van der Waals surface area contributed by atoms with Gasteiger partial charge in [-0.3, -0.25) is 4.79 Å². The van der Waals surface area contributed by atoms with Crippen LogP contribution in [0.4, 0.5) is 0 Å². The Morgan fingerprint density at radius 1 is 1.16 bits per heavy atom. The number of hydrogen-bond acceptors (Lipinski definition) is 4. The maximum Gasteiger partial charge on any atom is 0.310 e. The van der Waals surface area contributed by atoms with Gasteiger partial charge in [0.1, 0.15) is 6.10 Å². The molecule has 0 bridgehead atoms. The van der Waals surface area contributed by atoms with Crippen LogP contribution in [-0.4, -0.2) is 36.9 Å². The molecule has 5 aliphatic rings. The van der Waals surface area contributed by atoms with Gasteiger partial charge in [-0.2, -0.15) is 0 Å². The molecule has 0 amide bonds. The lowest BCUT2D eigenvalue weighted by molar-refractivity contribution is -0.155. The van der Waals surface area contributed by atoms with E-state index in [2.05, 4.69) is 12.2 Å². The third-order valence-corrected chi connectivity index (χ3v) is 9.18. The van der Waals surface area contributed by atoms with Gasteiger partial charge in [-0.05, 0) is 74.5 Å². The molecule has 0 aromatic carbocycles. The molecular weight excluding hydrogens is 314 g/mol. The molecule has 0 aromatic rings. The van der Waals surface area contributed by atoms with Gasteiger partial charge in [-0.1, -0.05) is 6.92 Å². The Morgan fingerprint density at radius 3 is 2.60 bits per heavy atom. The summed E-state index contributed by atoms with van der Waals surface area (Å²) in [7, 11) is 0. The maximum atomic E-state index is 12.8. The van der Waals surface area contributed by atoms with Crippen LogP contribution in [0, 0.1) is 34.0 Å². The SMILES string of the molecule is CCC12C3OC(=O)C(CNCCO)C3CCC3(CC3)C1CCC21CC1. The second-order valence-corrected chi connectivity index (χ2v) is 9.72. The maximum absolute atomic E-state index is 12.8. The molecule has 4 nitrogen and oxygen atoms in total. The molecule has 1 heterocycles. The second-order valence-electron chi connectivity index (χ2n) is 9.72. The van der Waals surface area contributed by atoms with Crippen molar-refractivity contribution >= 4 is 5.97 Å². The van der Waals surface area contributed by atoms with E-state index in [9.17, 15) is 4.79 Å². The first-order chi connectivity index (χ1) is 12.1. The van der Waals surface area contributed by atoms with Crippen molar-refractivity contribution in [2.45, 2.75) is 70.8 Å². The average Bonchev–Trinajstić information content (AvgIpc) is 3.50. The van der Waals surface area contributed by atoms with E-state index in [0.717, 1.165) is 12.3 Å². The van der Waals surface area contributed by atoms with E-state index in [4.69, 9.17) is 9.84 Å². The van der Waals surface area contributed by atoms with Crippen molar-refractivity contribution in [1.82, 2.24) is 5.32 Å². The number of hydrogen-bond donors (Lipinski definition) is 2. The summed E-state index contributed by atoms with van der Waals surface area (Å²) in [5.74, 6) is 1.20. The summed E-state index contributed by atoms with van der Waals surface area (Å²) in [5.41, 5.74) is 1.33. The molecule has 1 saturated heterocycles. The van der Waals surface area contributed by atoms with E-state index in [1.54, 1.807) is 0 Å². The van der Waals surface area contributed by atoms with Crippen molar-refractivity contribution in [2.24, 2.45) is 34.0 Å². The molecule has 4 aliphatic carbocycles. The Kier molecular flexibility index (Phi) is 3.61. The molecule has 5 unspecified atom stereocenters. The third-order valence-electron chi connectivity index (χ3n) is 9.18. The first kappa shape index (κ1) is 16.6. The lowest BCUT2D eigenvalue weighted by Crippen LogP contribution is -2.48. The van der Waals surface area contributed by atoms with E-state index < -0.39 is 0 Å². The van der Waals surface area contributed by atoms with Crippen LogP contribution in [-0.2, 0) is 9.53 Å². The monoisotopic (exact) mass is 347 g/mol. The molecule has 0 radical (unpaired) electrons. The molecular formula is C21H33NO3. The predicted octanol–water partition coefficient (Wildman–Crippen LogP) is 2.89. The highest BCUT2D eigenvalue weighted by atomic mass is 16.6. The van der Waals surface area contributed by atoms with Gasteiger partial charge < -0.3 is 15.2 Å². The van der Waals surface area contributed by atoms with Crippen molar-refractivity contribution in [3.05, 3.63) is 0 Å². The number of aliphatic hydroxyl groups is 1. The highest BCUT2D eigenvalue weighted by Gasteiger charge is 2.76. The van der Waals surface area contributed by atoms with Gasteiger partial charge in [0.05, 0.1) is 12.5 Å². The molecule has 4 heteroatoms. The van der Waals surface area contributed by atoms with Crippen molar-refractivity contribution < 1.29 is 14.6 Å². The molecule has 5 rings (SSSR count). The minimum atomic E-state index is -0.00840.